The van der Waals surface area contributed by atoms with Gasteiger partial charge in [-0.05, 0) is 66.7 Å². The predicted octanol–water partition coefficient (Wildman–Crippen LogP) is 14.9. The third kappa shape index (κ3) is 7.22. The van der Waals surface area contributed by atoms with Crippen molar-refractivity contribution in [1.82, 2.24) is 29.9 Å². The first-order valence-corrected chi connectivity index (χ1v) is 22.0. The highest BCUT2D eigenvalue weighted by Crippen LogP contribution is 2.42. The van der Waals surface area contributed by atoms with Gasteiger partial charge in [0.15, 0.2) is 34.9 Å². The van der Waals surface area contributed by atoms with Gasteiger partial charge < -0.3 is 0 Å². The van der Waals surface area contributed by atoms with Crippen LogP contribution in [0.1, 0.15) is 0 Å². The Morgan fingerprint density at radius 2 is 0.379 bits per heavy atom. The molecule has 12 aromatic rings. The van der Waals surface area contributed by atoms with Crippen LogP contribution in [0.2, 0.25) is 0 Å². The lowest BCUT2D eigenvalue weighted by Gasteiger charge is -2.16. The Bertz CT molecular complexity index is 3350. The Balaban J connectivity index is 0.942. The van der Waals surface area contributed by atoms with Crippen molar-refractivity contribution >= 4 is 32.3 Å². The fourth-order valence-electron chi connectivity index (χ4n) is 8.90. The summed E-state index contributed by atoms with van der Waals surface area (Å²) in [7, 11) is 0. The van der Waals surface area contributed by atoms with Gasteiger partial charge in [0.05, 0.1) is 0 Å². The van der Waals surface area contributed by atoms with Gasteiger partial charge in [0.25, 0.3) is 0 Å². The van der Waals surface area contributed by atoms with Crippen LogP contribution in [0.25, 0.3) is 123 Å². The quantitative estimate of drug-likeness (QED) is 0.142. The van der Waals surface area contributed by atoms with Crippen LogP contribution in [0, 0.1) is 0 Å². The molecule has 0 fully saturated rings. The number of hydrogen-bond acceptors (Lipinski definition) is 6. The molecular weight excluding hydrogens is 805 g/mol. The molecule has 6 heteroatoms. The Labute approximate surface area is 381 Å². The summed E-state index contributed by atoms with van der Waals surface area (Å²) in [5, 5.41) is 7.17. The molecule has 6 nitrogen and oxygen atoms in total. The van der Waals surface area contributed by atoms with E-state index in [0.717, 1.165) is 44.5 Å². The van der Waals surface area contributed by atoms with Crippen LogP contribution in [-0.4, -0.2) is 29.9 Å². The van der Waals surface area contributed by atoms with E-state index in [2.05, 4.69) is 109 Å². The van der Waals surface area contributed by atoms with Crippen molar-refractivity contribution in [2.24, 2.45) is 0 Å². The van der Waals surface area contributed by atoms with Crippen LogP contribution in [0.15, 0.2) is 231 Å². The minimum atomic E-state index is 0.631. The van der Waals surface area contributed by atoms with Crippen LogP contribution in [0.5, 0.6) is 0 Å². The van der Waals surface area contributed by atoms with Gasteiger partial charge in [-0.1, -0.05) is 218 Å². The SMILES string of the molecule is c1ccc(-c2nc(-c3ccccc3)nc(-c3ccc(-c4cc5c6ccccc6c(-c6ccc(-c7nc(-c8ccccc8)nc(-c8ccccc8)n7)cc6)cc5c5ccccc45)cc3)n2)cc1. The summed E-state index contributed by atoms with van der Waals surface area (Å²) in [4.78, 5) is 29.7. The van der Waals surface area contributed by atoms with Crippen LogP contribution >= 0.6 is 0 Å². The first-order chi connectivity index (χ1) is 32.7. The summed E-state index contributed by atoms with van der Waals surface area (Å²) >= 11 is 0. The van der Waals surface area contributed by atoms with Crippen molar-refractivity contribution in [2.75, 3.05) is 0 Å². The Kier molecular flexibility index (Phi) is 9.73. The molecule has 0 saturated heterocycles. The van der Waals surface area contributed by atoms with Crippen LogP contribution in [0.4, 0.5) is 0 Å². The topological polar surface area (TPSA) is 77.3 Å². The molecule has 0 aliphatic rings. The van der Waals surface area contributed by atoms with Crippen molar-refractivity contribution in [3.05, 3.63) is 231 Å². The molecule has 10 aromatic carbocycles. The molecule has 308 valence electrons. The highest BCUT2D eigenvalue weighted by Gasteiger charge is 2.18. The average molecular weight is 843 g/mol. The fraction of sp³-hybridized carbons (Fsp3) is 0. The van der Waals surface area contributed by atoms with Crippen LogP contribution < -0.4 is 0 Å². The standard InChI is InChI=1S/C60H38N6/c1-5-17-41(18-6-1)55-61-56(42-19-7-2-8-20-42)64-59(63-55)45-33-29-39(30-34-45)51-37-53-50-28-16-14-26-48(50)52(38-54(53)49-27-15-13-25-47(49)51)40-31-35-46(36-32-40)60-65-57(43-21-9-3-10-22-43)62-58(66-60)44-23-11-4-12-24-44/h1-38H. The lowest BCUT2D eigenvalue weighted by Crippen LogP contribution is -2.00. The van der Waals surface area contributed by atoms with E-state index < -0.39 is 0 Å². The van der Waals surface area contributed by atoms with Crippen molar-refractivity contribution in [1.29, 1.82) is 0 Å². The van der Waals surface area contributed by atoms with E-state index in [1.165, 1.54) is 43.4 Å². The zero-order valence-electron chi connectivity index (χ0n) is 35.6. The molecule has 2 heterocycles. The Hall–Kier alpha value is -9.00. The summed E-state index contributed by atoms with van der Waals surface area (Å²) in [6, 6.07) is 79.8. The number of aromatic nitrogens is 6. The third-order valence-corrected chi connectivity index (χ3v) is 12.2. The Morgan fingerprint density at radius 3 is 0.652 bits per heavy atom. The molecule has 0 spiro atoms. The first-order valence-electron chi connectivity index (χ1n) is 22.0. The third-order valence-electron chi connectivity index (χ3n) is 12.2. The molecule has 0 amide bonds. The number of nitrogens with zero attached hydrogens (tertiary/aromatic N) is 6. The molecule has 0 bridgehead atoms. The van der Waals surface area contributed by atoms with Gasteiger partial charge in [-0.3, -0.25) is 0 Å². The summed E-state index contributed by atoms with van der Waals surface area (Å²) in [5.41, 5.74) is 10.2. The lowest BCUT2D eigenvalue weighted by atomic mass is 9.87. The smallest absolute Gasteiger partial charge is 0.164 e. The van der Waals surface area contributed by atoms with Gasteiger partial charge in [0.2, 0.25) is 0 Å². The minimum absolute atomic E-state index is 0.631. The van der Waals surface area contributed by atoms with E-state index in [0.29, 0.717) is 34.9 Å². The highest BCUT2D eigenvalue weighted by atomic mass is 15.0. The number of rotatable bonds is 8. The molecule has 0 aliphatic heterocycles. The van der Waals surface area contributed by atoms with Crippen molar-refractivity contribution < 1.29 is 0 Å². The summed E-state index contributed by atoms with van der Waals surface area (Å²) < 4.78 is 0. The van der Waals surface area contributed by atoms with Crippen LogP contribution in [0.3, 0.4) is 0 Å². The van der Waals surface area contributed by atoms with Crippen molar-refractivity contribution in [3.8, 4) is 90.6 Å². The normalized spacial score (nSPS) is 11.3. The summed E-state index contributed by atoms with van der Waals surface area (Å²) in [5.74, 6) is 3.83. The maximum Gasteiger partial charge on any atom is 0.164 e. The van der Waals surface area contributed by atoms with Gasteiger partial charge in [0.1, 0.15) is 0 Å². The van der Waals surface area contributed by atoms with E-state index in [1.807, 2.05) is 121 Å². The van der Waals surface area contributed by atoms with E-state index >= 15 is 0 Å². The van der Waals surface area contributed by atoms with E-state index in [1.54, 1.807) is 0 Å². The zero-order valence-corrected chi connectivity index (χ0v) is 35.6. The maximum atomic E-state index is 4.98. The maximum absolute atomic E-state index is 4.98. The molecule has 12 rings (SSSR count). The highest BCUT2D eigenvalue weighted by molar-refractivity contribution is 6.23. The molecular formula is C60H38N6. The van der Waals surface area contributed by atoms with Crippen molar-refractivity contribution in [3.63, 3.8) is 0 Å². The zero-order chi connectivity index (χ0) is 43.8. The molecule has 66 heavy (non-hydrogen) atoms. The number of fused-ring (bicyclic) bond motifs is 5. The fourth-order valence-corrected chi connectivity index (χ4v) is 8.90. The first kappa shape index (κ1) is 38.7. The van der Waals surface area contributed by atoms with Gasteiger partial charge in [0, 0.05) is 33.4 Å². The second-order valence-electron chi connectivity index (χ2n) is 16.3. The van der Waals surface area contributed by atoms with E-state index in [9.17, 15) is 0 Å². The molecule has 2 aromatic heterocycles. The minimum Gasteiger partial charge on any atom is -0.208 e. The van der Waals surface area contributed by atoms with Gasteiger partial charge in [-0.15, -0.1) is 0 Å². The predicted molar refractivity (Wildman–Crippen MR) is 269 cm³/mol. The molecule has 0 radical (unpaired) electrons. The number of benzene rings is 10. The Morgan fingerprint density at radius 1 is 0.167 bits per heavy atom. The second kappa shape index (κ2) is 16.6. The molecule has 0 aliphatic carbocycles. The molecule has 0 unspecified atom stereocenters. The van der Waals surface area contributed by atoms with Crippen LogP contribution in [-0.2, 0) is 0 Å². The summed E-state index contributed by atoms with van der Waals surface area (Å²) in [6.45, 7) is 0. The largest absolute Gasteiger partial charge is 0.208 e. The van der Waals surface area contributed by atoms with Gasteiger partial charge in [-0.2, -0.15) is 0 Å². The second-order valence-corrected chi connectivity index (χ2v) is 16.3. The van der Waals surface area contributed by atoms with E-state index in [4.69, 9.17) is 29.9 Å². The van der Waals surface area contributed by atoms with E-state index in [-0.39, 0.29) is 0 Å². The average Bonchev–Trinajstić information content (AvgIpc) is 3.41. The molecule has 0 N–H and O–H groups in total. The summed E-state index contributed by atoms with van der Waals surface area (Å²) in [6.07, 6.45) is 0. The van der Waals surface area contributed by atoms with Gasteiger partial charge >= 0.3 is 0 Å². The molecule has 0 saturated carbocycles. The monoisotopic (exact) mass is 842 g/mol. The van der Waals surface area contributed by atoms with Gasteiger partial charge in [-0.25, -0.2) is 29.9 Å². The van der Waals surface area contributed by atoms with Crippen molar-refractivity contribution in [2.45, 2.75) is 0 Å². The number of hydrogen-bond donors (Lipinski definition) is 0. The lowest BCUT2D eigenvalue weighted by molar-refractivity contribution is 1.07. The molecule has 0 atom stereocenters.